The average molecular weight is 410 g/mol. The van der Waals surface area contributed by atoms with Gasteiger partial charge in [-0.3, -0.25) is 9.88 Å². The Hall–Kier alpha value is -1.89. The van der Waals surface area contributed by atoms with Gasteiger partial charge in [0.05, 0.1) is 24.0 Å². The lowest BCUT2D eigenvalue weighted by Gasteiger charge is -2.45. The highest BCUT2D eigenvalue weighted by atomic mass is 19.1. The summed E-state index contributed by atoms with van der Waals surface area (Å²) in [6, 6.07) is 6.59. The standard InChI is InChI=1S/C24H28FN3O2/c25-22-9-17-14-30-24(20(17)12-27-22)10-18-5-6-19(11-24)28(18)13-15-3-4-16-2-1-7-26-23(16)21(29)8-15/h1-2,7,9,12,15,18-19,21,29H,3-6,8,10-11,13-14H2/t15-,18?,19?,21+,24?/m1/s1. The summed E-state index contributed by atoms with van der Waals surface area (Å²) in [4.78, 5) is 11.1. The summed E-state index contributed by atoms with van der Waals surface area (Å²) in [5.41, 5.74) is 3.85. The lowest BCUT2D eigenvalue weighted by Crippen LogP contribution is -2.51. The lowest BCUT2D eigenvalue weighted by molar-refractivity contribution is -0.103. The van der Waals surface area contributed by atoms with E-state index < -0.39 is 12.1 Å². The molecule has 3 aliphatic heterocycles. The Morgan fingerprint density at radius 1 is 1.17 bits per heavy atom. The van der Waals surface area contributed by atoms with Gasteiger partial charge in [0.2, 0.25) is 5.95 Å². The van der Waals surface area contributed by atoms with E-state index in [2.05, 4.69) is 20.9 Å². The van der Waals surface area contributed by atoms with Gasteiger partial charge in [0.15, 0.2) is 0 Å². The number of hydrogen-bond donors (Lipinski definition) is 1. The van der Waals surface area contributed by atoms with Crippen molar-refractivity contribution in [3.8, 4) is 0 Å². The molecule has 6 rings (SSSR count). The first-order valence-electron chi connectivity index (χ1n) is 11.3. The molecule has 0 saturated carbocycles. The minimum Gasteiger partial charge on any atom is -0.387 e. The minimum atomic E-state index is -0.464. The molecular weight excluding hydrogens is 381 g/mol. The van der Waals surface area contributed by atoms with E-state index in [9.17, 15) is 9.50 Å². The van der Waals surface area contributed by atoms with Crippen LogP contribution in [0.2, 0.25) is 0 Å². The zero-order valence-corrected chi connectivity index (χ0v) is 17.1. The second-order valence-electron chi connectivity index (χ2n) is 9.64. The Bertz CT molecular complexity index is 953. The number of rotatable bonds is 2. The third-order valence-electron chi connectivity index (χ3n) is 7.94. The number of hydrogen-bond acceptors (Lipinski definition) is 5. The highest BCUT2D eigenvalue weighted by molar-refractivity contribution is 5.35. The Morgan fingerprint density at radius 3 is 2.83 bits per heavy atom. The third kappa shape index (κ3) is 3.00. The number of piperidine rings is 1. The number of aliphatic hydroxyl groups is 1. The summed E-state index contributed by atoms with van der Waals surface area (Å²) in [6.07, 6.45) is 10.2. The number of nitrogens with zero attached hydrogens (tertiary/aromatic N) is 3. The van der Waals surface area contributed by atoms with Crippen molar-refractivity contribution in [2.45, 2.75) is 75.3 Å². The second-order valence-corrected chi connectivity index (χ2v) is 9.64. The molecule has 2 aromatic rings. The van der Waals surface area contributed by atoms with Crippen LogP contribution in [-0.2, 0) is 23.4 Å². The molecule has 0 amide bonds. The van der Waals surface area contributed by atoms with Crippen LogP contribution in [0.3, 0.4) is 0 Å². The van der Waals surface area contributed by atoms with Crippen LogP contribution in [0.1, 0.15) is 67.0 Å². The Balaban J connectivity index is 1.19. The van der Waals surface area contributed by atoms with Gasteiger partial charge in [0.1, 0.15) is 0 Å². The second kappa shape index (κ2) is 7.08. The molecule has 5 nitrogen and oxygen atoms in total. The van der Waals surface area contributed by atoms with Gasteiger partial charge >= 0.3 is 0 Å². The zero-order chi connectivity index (χ0) is 20.3. The number of aromatic nitrogens is 2. The molecule has 2 fully saturated rings. The van der Waals surface area contributed by atoms with Gasteiger partial charge < -0.3 is 9.84 Å². The van der Waals surface area contributed by atoms with E-state index in [0.717, 1.165) is 55.5 Å². The number of halogens is 1. The normalized spacial score (nSPS) is 35.3. The van der Waals surface area contributed by atoms with Crippen LogP contribution >= 0.6 is 0 Å². The molecule has 0 radical (unpaired) electrons. The smallest absolute Gasteiger partial charge is 0.213 e. The minimum absolute atomic E-state index is 0.290. The van der Waals surface area contributed by atoms with Gasteiger partial charge in [-0.25, -0.2) is 4.98 Å². The van der Waals surface area contributed by atoms with Crippen molar-refractivity contribution in [1.29, 1.82) is 0 Å². The molecule has 4 atom stereocenters. The monoisotopic (exact) mass is 409 g/mol. The van der Waals surface area contributed by atoms with Gasteiger partial charge in [-0.15, -0.1) is 0 Å². The summed E-state index contributed by atoms with van der Waals surface area (Å²) in [5, 5.41) is 10.7. The van der Waals surface area contributed by atoms with Crippen molar-refractivity contribution in [3.63, 3.8) is 0 Å². The predicted octanol–water partition coefficient (Wildman–Crippen LogP) is 3.65. The number of aryl methyl sites for hydroxylation is 1. The molecule has 5 heterocycles. The highest BCUT2D eigenvalue weighted by Gasteiger charge is 2.53. The van der Waals surface area contributed by atoms with Crippen molar-refractivity contribution < 1.29 is 14.2 Å². The summed E-state index contributed by atoms with van der Waals surface area (Å²) in [5.74, 6) is 0.0520. The molecule has 6 heteroatoms. The zero-order valence-electron chi connectivity index (χ0n) is 17.1. The van der Waals surface area contributed by atoms with E-state index in [0.29, 0.717) is 24.6 Å². The van der Waals surface area contributed by atoms with Crippen LogP contribution < -0.4 is 0 Å². The third-order valence-corrected chi connectivity index (χ3v) is 7.94. The number of fused-ring (bicyclic) bond motifs is 5. The molecule has 30 heavy (non-hydrogen) atoms. The molecule has 4 aliphatic rings. The summed E-state index contributed by atoms with van der Waals surface area (Å²) in [7, 11) is 0. The molecular formula is C24H28FN3O2. The topological polar surface area (TPSA) is 58.5 Å². The quantitative estimate of drug-likeness (QED) is 0.606. The maximum Gasteiger partial charge on any atom is 0.213 e. The van der Waals surface area contributed by atoms with E-state index in [1.807, 2.05) is 6.07 Å². The lowest BCUT2D eigenvalue weighted by atomic mass is 9.80. The predicted molar refractivity (Wildman–Crippen MR) is 109 cm³/mol. The molecule has 1 N–H and O–H groups in total. The van der Waals surface area contributed by atoms with E-state index in [-0.39, 0.29) is 5.60 Å². The van der Waals surface area contributed by atoms with Crippen LogP contribution in [0.5, 0.6) is 0 Å². The molecule has 2 unspecified atom stereocenters. The van der Waals surface area contributed by atoms with Gasteiger partial charge in [0.25, 0.3) is 0 Å². The van der Waals surface area contributed by atoms with Gasteiger partial charge in [0, 0.05) is 36.6 Å². The Morgan fingerprint density at radius 2 is 2.00 bits per heavy atom. The average Bonchev–Trinajstić information content (AvgIpc) is 3.12. The molecule has 2 aromatic heterocycles. The van der Waals surface area contributed by atoms with Gasteiger partial charge in [-0.2, -0.15) is 4.39 Å². The maximum atomic E-state index is 13.6. The van der Waals surface area contributed by atoms with Crippen LogP contribution in [0.4, 0.5) is 4.39 Å². The first-order chi connectivity index (χ1) is 14.6. The molecule has 2 bridgehead atoms. The molecule has 2 saturated heterocycles. The summed E-state index contributed by atoms with van der Waals surface area (Å²) in [6.45, 7) is 1.53. The molecule has 1 aliphatic carbocycles. The Kier molecular flexibility index (Phi) is 4.44. The van der Waals surface area contributed by atoms with Crippen molar-refractivity contribution in [3.05, 3.63) is 58.9 Å². The van der Waals surface area contributed by atoms with Crippen molar-refractivity contribution >= 4 is 0 Å². The number of aliphatic hydroxyl groups excluding tert-OH is 1. The SMILES string of the molecule is O[C@H]1C[C@H](CN2C3CCC2CC2(C3)OCc3cc(F)ncc32)CCc2cccnc21. The fourth-order valence-corrected chi connectivity index (χ4v) is 6.56. The van der Waals surface area contributed by atoms with E-state index >= 15 is 0 Å². The van der Waals surface area contributed by atoms with Crippen LogP contribution in [0, 0.1) is 11.9 Å². The molecule has 158 valence electrons. The van der Waals surface area contributed by atoms with Crippen LogP contribution in [-0.4, -0.2) is 38.6 Å². The molecule has 1 spiro atoms. The first kappa shape index (κ1) is 18.8. The van der Waals surface area contributed by atoms with Gasteiger partial charge in [-0.05, 0) is 74.1 Å². The molecule has 0 aromatic carbocycles. The van der Waals surface area contributed by atoms with E-state index in [1.54, 1.807) is 12.4 Å². The fourth-order valence-electron chi connectivity index (χ4n) is 6.56. The van der Waals surface area contributed by atoms with Crippen molar-refractivity contribution in [2.24, 2.45) is 5.92 Å². The Labute approximate surface area is 176 Å². The summed E-state index contributed by atoms with van der Waals surface area (Å²) >= 11 is 0. The summed E-state index contributed by atoms with van der Waals surface area (Å²) < 4.78 is 19.9. The van der Waals surface area contributed by atoms with E-state index in [4.69, 9.17) is 4.74 Å². The van der Waals surface area contributed by atoms with Crippen LogP contribution in [0.25, 0.3) is 0 Å². The van der Waals surface area contributed by atoms with E-state index in [1.165, 1.54) is 24.5 Å². The maximum absolute atomic E-state index is 13.6. The van der Waals surface area contributed by atoms with Gasteiger partial charge in [-0.1, -0.05) is 6.07 Å². The largest absolute Gasteiger partial charge is 0.387 e. The van der Waals surface area contributed by atoms with Crippen molar-refractivity contribution in [2.75, 3.05) is 6.54 Å². The highest BCUT2D eigenvalue weighted by Crippen LogP contribution is 2.52. The first-order valence-corrected chi connectivity index (χ1v) is 11.3. The van der Waals surface area contributed by atoms with Crippen molar-refractivity contribution in [1.82, 2.24) is 14.9 Å². The number of ether oxygens (including phenoxy) is 1. The fraction of sp³-hybridized carbons (Fsp3) is 0.583. The number of pyridine rings is 2. The van der Waals surface area contributed by atoms with Crippen LogP contribution in [0.15, 0.2) is 30.6 Å².